The van der Waals surface area contributed by atoms with E-state index in [4.69, 9.17) is 4.99 Å². The minimum absolute atomic E-state index is 0.539. The first kappa shape index (κ1) is 18.1. The van der Waals surface area contributed by atoms with Gasteiger partial charge in [-0.2, -0.15) is 5.26 Å². The number of nitriles is 1. The zero-order valence-electron chi connectivity index (χ0n) is 16.0. The summed E-state index contributed by atoms with van der Waals surface area (Å²) in [7, 11) is 0. The van der Waals surface area contributed by atoms with Crippen LogP contribution in [0.4, 0.5) is 0 Å². The summed E-state index contributed by atoms with van der Waals surface area (Å²) in [4.78, 5) is 4.81. The fourth-order valence-corrected chi connectivity index (χ4v) is 3.64. The smallest absolute Gasteiger partial charge is 0.0994 e. The fraction of sp³-hybridized carbons (Fsp3) is 0.333. The van der Waals surface area contributed by atoms with Crippen LogP contribution in [0.3, 0.4) is 0 Å². The minimum atomic E-state index is 0.539. The molecule has 0 amide bonds. The van der Waals surface area contributed by atoms with Gasteiger partial charge in [-0.1, -0.05) is 50.8 Å². The zero-order valence-corrected chi connectivity index (χ0v) is 16.0. The van der Waals surface area contributed by atoms with Gasteiger partial charge in [0, 0.05) is 5.71 Å². The van der Waals surface area contributed by atoms with Crippen molar-refractivity contribution in [3.63, 3.8) is 0 Å². The maximum Gasteiger partial charge on any atom is 0.0994 e. The van der Waals surface area contributed by atoms with Crippen molar-refractivity contribution in [1.29, 1.82) is 5.26 Å². The molecule has 0 heterocycles. The third kappa shape index (κ3) is 3.78. The largest absolute Gasteiger partial charge is 0.285 e. The number of fused-ring (bicyclic) bond motifs is 1. The second kappa shape index (κ2) is 7.70. The SMILES string of the molecule is C=C1CCc2c(CN=C(C)c3ccc(CC(C)C)c(C#N)c3)cccc21. The Balaban J connectivity index is 1.83. The summed E-state index contributed by atoms with van der Waals surface area (Å²) in [6.45, 7) is 11.2. The summed E-state index contributed by atoms with van der Waals surface area (Å²) >= 11 is 0. The molecule has 0 unspecified atom stereocenters. The molecule has 0 N–H and O–H groups in total. The van der Waals surface area contributed by atoms with Crippen LogP contribution < -0.4 is 0 Å². The molecule has 1 aliphatic rings. The third-order valence-corrected chi connectivity index (χ3v) is 5.09. The van der Waals surface area contributed by atoms with E-state index >= 15 is 0 Å². The molecule has 1 aliphatic carbocycles. The van der Waals surface area contributed by atoms with Gasteiger partial charge in [0.2, 0.25) is 0 Å². The van der Waals surface area contributed by atoms with E-state index in [1.54, 1.807) is 0 Å². The summed E-state index contributed by atoms with van der Waals surface area (Å²) in [6.07, 6.45) is 3.05. The Kier molecular flexibility index (Phi) is 5.38. The average Bonchev–Trinajstić information content (AvgIpc) is 3.01. The number of nitrogens with zero attached hydrogens (tertiary/aromatic N) is 2. The van der Waals surface area contributed by atoms with Crippen LogP contribution in [0.2, 0.25) is 0 Å². The van der Waals surface area contributed by atoms with Gasteiger partial charge in [0.15, 0.2) is 0 Å². The molecular formula is C24H26N2. The van der Waals surface area contributed by atoms with Crippen molar-refractivity contribution in [1.82, 2.24) is 0 Å². The van der Waals surface area contributed by atoms with Crippen LogP contribution in [0.25, 0.3) is 5.57 Å². The van der Waals surface area contributed by atoms with Gasteiger partial charge in [0.25, 0.3) is 0 Å². The molecule has 0 atom stereocenters. The highest BCUT2D eigenvalue weighted by molar-refractivity contribution is 5.99. The Hall–Kier alpha value is -2.66. The second-order valence-corrected chi connectivity index (χ2v) is 7.53. The second-order valence-electron chi connectivity index (χ2n) is 7.53. The normalized spacial score (nSPS) is 13.8. The Morgan fingerprint density at radius 3 is 2.73 bits per heavy atom. The van der Waals surface area contributed by atoms with Crippen LogP contribution in [-0.2, 0) is 19.4 Å². The first-order chi connectivity index (χ1) is 12.5. The van der Waals surface area contributed by atoms with E-state index < -0.39 is 0 Å². The Bertz CT molecular complexity index is 910. The number of benzene rings is 2. The van der Waals surface area contributed by atoms with E-state index in [0.29, 0.717) is 12.5 Å². The Morgan fingerprint density at radius 2 is 2.00 bits per heavy atom. The number of aliphatic imine (C=N–C) groups is 1. The molecule has 2 aromatic rings. The van der Waals surface area contributed by atoms with Gasteiger partial charge >= 0.3 is 0 Å². The topological polar surface area (TPSA) is 36.1 Å². The molecule has 2 aromatic carbocycles. The van der Waals surface area contributed by atoms with E-state index in [0.717, 1.165) is 41.7 Å². The van der Waals surface area contributed by atoms with Gasteiger partial charge in [0.1, 0.15) is 0 Å². The average molecular weight is 342 g/mol. The maximum absolute atomic E-state index is 9.48. The highest BCUT2D eigenvalue weighted by Crippen LogP contribution is 2.33. The summed E-state index contributed by atoms with van der Waals surface area (Å²) in [5, 5.41) is 9.48. The van der Waals surface area contributed by atoms with Crippen molar-refractivity contribution in [3.05, 3.63) is 76.4 Å². The number of rotatable bonds is 5. The van der Waals surface area contributed by atoms with E-state index in [9.17, 15) is 5.26 Å². The van der Waals surface area contributed by atoms with Crippen LogP contribution in [0, 0.1) is 17.2 Å². The van der Waals surface area contributed by atoms with E-state index in [2.05, 4.69) is 56.8 Å². The predicted molar refractivity (Wildman–Crippen MR) is 109 cm³/mol. The van der Waals surface area contributed by atoms with Crippen molar-refractivity contribution in [3.8, 4) is 6.07 Å². The van der Waals surface area contributed by atoms with Crippen molar-refractivity contribution in [2.75, 3.05) is 0 Å². The zero-order chi connectivity index (χ0) is 18.7. The van der Waals surface area contributed by atoms with Crippen molar-refractivity contribution >= 4 is 11.3 Å². The van der Waals surface area contributed by atoms with Gasteiger partial charge in [-0.25, -0.2) is 0 Å². The van der Waals surface area contributed by atoms with Gasteiger partial charge in [-0.15, -0.1) is 0 Å². The lowest BCUT2D eigenvalue weighted by Gasteiger charge is -2.10. The molecule has 0 radical (unpaired) electrons. The molecular weight excluding hydrogens is 316 g/mol. The van der Waals surface area contributed by atoms with Crippen molar-refractivity contribution < 1.29 is 0 Å². The molecule has 0 saturated carbocycles. The minimum Gasteiger partial charge on any atom is -0.285 e. The van der Waals surface area contributed by atoms with E-state index in [-0.39, 0.29) is 0 Å². The summed E-state index contributed by atoms with van der Waals surface area (Å²) in [5.41, 5.74) is 9.14. The fourth-order valence-electron chi connectivity index (χ4n) is 3.64. The van der Waals surface area contributed by atoms with E-state index in [1.165, 1.54) is 22.3 Å². The number of hydrogen-bond acceptors (Lipinski definition) is 2. The summed E-state index contributed by atoms with van der Waals surface area (Å²) in [6, 6.07) is 14.9. The van der Waals surface area contributed by atoms with Crippen LogP contribution in [0.15, 0.2) is 48.0 Å². The molecule has 2 heteroatoms. The van der Waals surface area contributed by atoms with Crippen molar-refractivity contribution in [2.24, 2.45) is 10.9 Å². The van der Waals surface area contributed by atoms with Gasteiger partial charge < -0.3 is 0 Å². The molecule has 0 fully saturated rings. The summed E-state index contributed by atoms with van der Waals surface area (Å²) in [5.74, 6) is 0.539. The summed E-state index contributed by atoms with van der Waals surface area (Å²) < 4.78 is 0. The molecule has 3 rings (SSSR count). The lowest BCUT2D eigenvalue weighted by Crippen LogP contribution is -2.02. The van der Waals surface area contributed by atoms with Gasteiger partial charge in [-0.05, 0) is 71.6 Å². The van der Waals surface area contributed by atoms with E-state index in [1.807, 2.05) is 13.0 Å². The predicted octanol–water partition coefficient (Wildman–Crippen LogP) is 5.73. The molecule has 0 aromatic heterocycles. The number of allylic oxidation sites excluding steroid dienone is 1. The third-order valence-electron chi connectivity index (χ3n) is 5.09. The molecule has 2 nitrogen and oxygen atoms in total. The first-order valence-corrected chi connectivity index (χ1v) is 9.33. The molecule has 26 heavy (non-hydrogen) atoms. The molecule has 132 valence electrons. The van der Waals surface area contributed by atoms with Crippen LogP contribution in [-0.4, -0.2) is 5.71 Å². The maximum atomic E-state index is 9.48. The standard InChI is InChI=1S/C24H26N2/c1-16(2)12-20-10-9-19(13-22(20)14-25)18(4)26-15-21-6-5-7-23-17(3)8-11-24(21)23/h5-7,9-10,13,16H,3,8,11-12,15H2,1-2,4H3. The molecule has 0 bridgehead atoms. The van der Waals surface area contributed by atoms with Crippen LogP contribution in [0.5, 0.6) is 0 Å². The Labute approximate surface area is 156 Å². The molecule has 0 saturated heterocycles. The lowest BCUT2D eigenvalue weighted by atomic mass is 9.96. The highest BCUT2D eigenvalue weighted by atomic mass is 14.7. The first-order valence-electron chi connectivity index (χ1n) is 9.33. The highest BCUT2D eigenvalue weighted by Gasteiger charge is 2.17. The lowest BCUT2D eigenvalue weighted by molar-refractivity contribution is 0.646. The van der Waals surface area contributed by atoms with Crippen molar-refractivity contribution in [2.45, 2.75) is 46.6 Å². The van der Waals surface area contributed by atoms with Crippen LogP contribution in [0.1, 0.15) is 60.6 Å². The molecule has 0 spiro atoms. The Morgan fingerprint density at radius 1 is 1.19 bits per heavy atom. The quantitative estimate of drug-likeness (QED) is 0.640. The van der Waals surface area contributed by atoms with Crippen LogP contribution >= 0.6 is 0 Å². The van der Waals surface area contributed by atoms with Gasteiger partial charge in [-0.3, -0.25) is 4.99 Å². The van der Waals surface area contributed by atoms with Gasteiger partial charge in [0.05, 0.1) is 18.2 Å². The monoisotopic (exact) mass is 342 g/mol. The number of hydrogen-bond donors (Lipinski definition) is 0. The molecule has 0 aliphatic heterocycles.